The molecule has 1 N–H and O–H groups in total. The van der Waals surface area contributed by atoms with E-state index in [0.717, 1.165) is 22.4 Å². The number of aryl methyl sites for hydroxylation is 1. The average Bonchev–Trinajstić information content (AvgIpc) is 3.19. The van der Waals surface area contributed by atoms with Crippen LogP contribution in [0.15, 0.2) is 40.9 Å². The maximum atomic E-state index is 9.75. The molecule has 29 heavy (non-hydrogen) atoms. The summed E-state index contributed by atoms with van der Waals surface area (Å²) in [5.74, 6) is 2.34. The fourth-order valence-corrected chi connectivity index (χ4v) is 3.13. The van der Waals surface area contributed by atoms with E-state index in [2.05, 4.69) is 21.5 Å². The lowest BCUT2D eigenvalue weighted by molar-refractivity contribution is -0.0183. The zero-order valence-corrected chi connectivity index (χ0v) is 16.1. The summed E-state index contributed by atoms with van der Waals surface area (Å²) in [5.41, 5.74) is 3.27. The summed E-state index contributed by atoms with van der Waals surface area (Å²) in [6.45, 7) is 4.76. The van der Waals surface area contributed by atoms with E-state index in [0.29, 0.717) is 36.4 Å². The Morgan fingerprint density at radius 2 is 2.10 bits per heavy atom. The van der Waals surface area contributed by atoms with Crippen LogP contribution in [-0.4, -0.2) is 23.5 Å². The molecule has 0 fully saturated rings. The zero-order valence-electron chi connectivity index (χ0n) is 16.1. The van der Waals surface area contributed by atoms with Crippen molar-refractivity contribution in [2.24, 2.45) is 0 Å². The van der Waals surface area contributed by atoms with E-state index in [-0.39, 0.29) is 6.79 Å². The Morgan fingerprint density at radius 3 is 2.79 bits per heavy atom. The maximum Gasteiger partial charge on any atom is 0.223 e. The Kier molecular flexibility index (Phi) is 5.31. The van der Waals surface area contributed by atoms with Crippen molar-refractivity contribution in [3.8, 4) is 29.0 Å². The molecule has 0 radical (unpaired) electrons. The van der Waals surface area contributed by atoms with Gasteiger partial charge in [-0.05, 0) is 48.9 Å². The van der Waals surface area contributed by atoms with Gasteiger partial charge in [0, 0.05) is 23.7 Å². The van der Waals surface area contributed by atoms with Crippen LogP contribution in [0.2, 0.25) is 0 Å². The Labute approximate surface area is 168 Å². The van der Waals surface area contributed by atoms with Gasteiger partial charge in [0.05, 0.1) is 19.3 Å². The monoisotopic (exact) mass is 392 g/mol. The van der Waals surface area contributed by atoms with Crippen LogP contribution < -0.4 is 14.8 Å². The fraction of sp³-hybridized carbons (Fsp3) is 0.286. The number of benzene rings is 2. The number of nitrogens with zero attached hydrogens (tertiary/aromatic N) is 3. The molecule has 2 aromatic carbocycles. The van der Waals surface area contributed by atoms with Crippen LogP contribution in [0.5, 0.6) is 11.5 Å². The number of fused-ring (bicyclic) bond motifs is 1. The normalized spacial score (nSPS) is 13.7. The molecule has 1 unspecified atom stereocenters. The van der Waals surface area contributed by atoms with Gasteiger partial charge in [0.25, 0.3) is 0 Å². The van der Waals surface area contributed by atoms with Crippen molar-refractivity contribution in [2.45, 2.75) is 26.5 Å². The molecule has 0 amide bonds. The van der Waals surface area contributed by atoms with Crippen molar-refractivity contribution in [3.05, 3.63) is 53.4 Å². The second-order valence-corrected chi connectivity index (χ2v) is 6.47. The molecule has 1 aliphatic rings. The third-order valence-electron chi connectivity index (χ3n) is 4.44. The van der Waals surface area contributed by atoms with Gasteiger partial charge in [0.2, 0.25) is 11.7 Å². The van der Waals surface area contributed by atoms with Gasteiger partial charge >= 0.3 is 0 Å². The minimum atomic E-state index is -0.570. The summed E-state index contributed by atoms with van der Waals surface area (Å²) in [5, 5.41) is 16.9. The topological polar surface area (TPSA) is 102 Å². The van der Waals surface area contributed by atoms with Gasteiger partial charge in [-0.1, -0.05) is 5.16 Å². The van der Waals surface area contributed by atoms with E-state index in [4.69, 9.17) is 18.7 Å². The lowest BCUT2D eigenvalue weighted by atomic mass is 10.0. The van der Waals surface area contributed by atoms with Crippen molar-refractivity contribution in [1.29, 1.82) is 5.26 Å². The van der Waals surface area contributed by atoms with Crippen molar-refractivity contribution >= 4 is 5.69 Å². The molecule has 1 aliphatic heterocycles. The SMILES string of the molecule is CCOc1cc(C(C#N)Nc2ccc(-c3noc(C)n3)cc2)cc2c1OCOC2. The van der Waals surface area contributed by atoms with Gasteiger partial charge < -0.3 is 24.1 Å². The molecular formula is C21H20N4O4. The van der Waals surface area contributed by atoms with E-state index in [1.54, 1.807) is 6.92 Å². The van der Waals surface area contributed by atoms with Crippen molar-refractivity contribution < 1.29 is 18.7 Å². The number of anilines is 1. The lowest BCUT2D eigenvalue weighted by Gasteiger charge is -2.23. The van der Waals surface area contributed by atoms with Gasteiger partial charge in [-0.25, -0.2) is 0 Å². The van der Waals surface area contributed by atoms with Crippen LogP contribution in [0, 0.1) is 18.3 Å². The first-order valence-electron chi connectivity index (χ1n) is 9.25. The van der Waals surface area contributed by atoms with Crippen LogP contribution in [-0.2, 0) is 11.3 Å². The maximum absolute atomic E-state index is 9.75. The molecule has 1 aromatic heterocycles. The summed E-state index contributed by atoms with van der Waals surface area (Å²) in [7, 11) is 0. The van der Waals surface area contributed by atoms with Gasteiger partial charge in [0.1, 0.15) is 6.04 Å². The van der Waals surface area contributed by atoms with Crippen LogP contribution in [0.1, 0.15) is 30.0 Å². The molecule has 8 heteroatoms. The van der Waals surface area contributed by atoms with Gasteiger partial charge in [-0.2, -0.15) is 10.2 Å². The molecule has 0 saturated heterocycles. The van der Waals surface area contributed by atoms with Gasteiger partial charge in [0.15, 0.2) is 18.3 Å². The number of hydrogen-bond acceptors (Lipinski definition) is 8. The number of hydrogen-bond donors (Lipinski definition) is 1. The Morgan fingerprint density at radius 1 is 1.28 bits per heavy atom. The largest absolute Gasteiger partial charge is 0.490 e. The predicted molar refractivity (Wildman–Crippen MR) is 104 cm³/mol. The van der Waals surface area contributed by atoms with Gasteiger partial charge in [-0.3, -0.25) is 0 Å². The smallest absolute Gasteiger partial charge is 0.223 e. The summed E-state index contributed by atoms with van der Waals surface area (Å²) >= 11 is 0. The quantitative estimate of drug-likeness (QED) is 0.672. The highest BCUT2D eigenvalue weighted by molar-refractivity contribution is 5.60. The highest BCUT2D eigenvalue weighted by Crippen LogP contribution is 2.38. The van der Waals surface area contributed by atoms with Crippen molar-refractivity contribution in [1.82, 2.24) is 10.1 Å². The molecule has 1 atom stereocenters. The van der Waals surface area contributed by atoms with Crippen molar-refractivity contribution in [2.75, 3.05) is 18.7 Å². The number of nitriles is 1. The molecular weight excluding hydrogens is 372 g/mol. The number of rotatable bonds is 6. The first-order chi connectivity index (χ1) is 14.2. The molecule has 0 saturated carbocycles. The molecule has 0 bridgehead atoms. The highest BCUT2D eigenvalue weighted by Gasteiger charge is 2.21. The second kappa shape index (κ2) is 8.20. The molecule has 0 spiro atoms. The molecule has 8 nitrogen and oxygen atoms in total. The summed E-state index contributed by atoms with van der Waals surface area (Å²) < 4.78 is 21.7. The summed E-state index contributed by atoms with van der Waals surface area (Å²) in [6.07, 6.45) is 0. The standard InChI is InChI=1S/C21H20N4O4/c1-3-27-19-9-15(8-16-11-26-12-28-20(16)19)18(10-22)24-17-6-4-14(5-7-17)21-23-13(2)29-25-21/h4-9,18,24H,3,11-12H2,1-2H3. The van der Waals surface area contributed by atoms with Crippen LogP contribution in [0.4, 0.5) is 5.69 Å². The predicted octanol–water partition coefficient (Wildman–Crippen LogP) is 3.99. The Bertz CT molecular complexity index is 1040. The first kappa shape index (κ1) is 18.8. The van der Waals surface area contributed by atoms with Crippen LogP contribution in [0.3, 0.4) is 0 Å². The third kappa shape index (κ3) is 4.00. The molecule has 3 aromatic rings. The second-order valence-electron chi connectivity index (χ2n) is 6.47. The van der Waals surface area contributed by atoms with Gasteiger partial charge in [-0.15, -0.1) is 0 Å². The van der Waals surface area contributed by atoms with Crippen molar-refractivity contribution in [3.63, 3.8) is 0 Å². The van der Waals surface area contributed by atoms with E-state index in [1.165, 1.54) is 0 Å². The molecule has 148 valence electrons. The average molecular weight is 392 g/mol. The highest BCUT2D eigenvalue weighted by atomic mass is 16.7. The number of aromatic nitrogens is 2. The van der Waals surface area contributed by atoms with E-state index in [1.807, 2.05) is 43.3 Å². The summed E-state index contributed by atoms with van der Waals surface area (Å²) in [4.78, 5) is 4.22. The van der Waals surface area contributed by atoms with Crippen LogP contribution >= 0.6 is 0 Å². The van der Waals surface area contributed by atoms with E-state index in [9.17, 15) is 5.26 Å². The molecule has 2 heterocycles. The van der Waals surface area contributed by atoms with E-state index >= 15 is 0 Å². The Balaban J connectivity index is 1.58. The molecule has 0 aliphatic carbocycles. The van der Waals surface area contributed by atoms with E-state index < -0.39 is 6.04 Å². The Hall–Kier alpha value is -3.57. The first-order valence-corrected chi connectivity index (χ1v) is 9.25. The summed E-state index contributed by atoms with van der Waals surface area (Å²) in [6, 6.07) is 13.0. The lowest BCUT2D eigenvalue weighted by Crippen LogP contribution is -2.15. The number of ether oxygens (including phenoxy) is 3. The third-order valence-corrected chi connectivity index (χ3v) is 4.44. The minimum absolute atomic E-state index is 0.193. The zero-order chi connectivity index (χ0) is 20.2. The number of nitrogens with one attached hydrogen (secondary N) is 1. The fourth-order valence-electron chi connectivity index (χ4n) is 3.13. The van der Waals surface area contributed by atoms with Crippen LogP contribution in [0.25, 0.3) is 11.4 Å². The molecule has 4 rings (SSSR count). The minimum Gasteiger partial charge on any atom is -0.490 e.